The van der Waals surface area contributed by atoms with Crippen molar-refractivity contribution in [1.82, 2.24) is 0 Å². The zero-order chi connectivity index (χ0) is 27.9. The van der Waals surface area contributed by atoms with Gasteiger partial charge in [0, 0.05) is 29.2 Å². The number of alkyl halides is 1. The van der Waals surface area contributed by atoms with Gasteiger partial charge in [-0.1, -0.05) is 58.2 Å². The summed E-state index contributed by atoms with van der Waals surface area (Å²) in [5, 5.41) is 3.57. The highest BCUT2D eigenvalue weighted by molar-refractivity contribution is 7.28. The Morgan fingerprint density at radius 3 is 2.21 bits per heavy atom. The van der Waals surface area contributed by atoms with Gasteiger partial charge in [0.2, 0.25) is 0 Å². The summed E-state index contributed by atoms with van der Waals surface area (Å²) < 4.78 is 29.1. The molecule has 0 saturated carbocycles. The molecule has 0 aliphatic rings. The van der Waals surface area contributed by atoms with Crippen molar-refractivity contribution in [3.05, 3.63) is 88.7 Å². The topological polar surface area (TPSA) is 49.4 Å². The molecule has 0 aliphatic heterocycles. The Hall–Kier alpha value is -3.11. The lowest BCUT2D eigenvalue weighted by Crippen LogP contribution is -2.31. The van der Waals surface area contributed by atoms with E-state index in [1.807, 2.05) is 19.9 Å². The van der Waals surface area contributed by atoms with Crippen LogP contribution in [0.4, 0.5) is 20.2 Å². The predicted molar refractivity (Wildman–Crippen MR) is 156 cm³/mol. The lowest BCUT2D eigenvalue weighted by atomic mass is 9.85. The first-order valence-corrected chi connectivity index (χ1v) is 13.8. The quantitative estimate of drug-likeness (QED) is 0.256. The molecule has 1 atom stereocenters. The molecule has 0 saturated heterocycles. The number of carbonyl (C=O) groups is 2. The lowest BCUT2D eigenvalue weighted by Gasteiger charge is -2.26. The summed E-state index contributed by atoms with van der Waals surface area (Å²) in [6.07, 6.45) is 4.00. The van der Waals surface area contributed by atoms with E-state index in [9.17, 15) is 14.0 Å². The van der Waals surface area contributed by atoms with Crippen LogP contribution in [0.1, 0.15) is 84.7 Å². The highest BCUT2D eigenvalue weighted by Crippen LogP contribution is 2.38. The van der Waals surface area contributed by atoms with E-state index >= 15 is 4.39 Å². The molecule has 4 nitrogen and oxygen atoms in total. The Kier molecular flexibility index (Phi) is 10.2. The number of hydrogen-bond donors (Lipinski definition) is 1. The van der Waals surface area contributed by atoms with Crippen molar-refractivity contribution >= 4 is 37.7 Å². The number of aryl methyl sites for hydroxylation is 1. The largest absolute Gasteiger partial charge is 0.322 e. The van der Waals surface area contributed by atoms with Crippen LogP contribution in [0.3, 0.4) is 0 Å². The van der Waals surface area contributed by atoms with Gasteiger partial charge in [-0.2, -0.15) is 0 Å². The van der Waals surface area contributed by atoms with Crippen molar-refractivity contribution in [3.8, 4) is 0 Å². The molecule has 0 radical (unpaired) electrons. The van der Waals surface area contributed by atoms with E-state index in [1.165, 1.54) is 29.2 Å². The molecule has 3 aromatic carbocycles. The molecule has 0 aromatic heterocycles. The highest BCUT2D eigenvalue weighted by Gasteiger charge is 2.30. The van der Waals surface area contributed by atoms with Gasteiger partial charge >= 0.3 is 0 Å². The fourth-order valence-corrected chi connectivity index (χ4v) is 5.32. The summed E-state index contributed by atoms with van der Waals surface area (Å²) >= 11 is 0. The number of amides is 2. The van der Waals surface area contributed by atoms with Gasteiger partial charge in [-0.3, -0.25) is 9.59 Å². The third kappa shape index (κ3) is 6.66. The number of anilines is 2. The number of rotatable bonds is 11. The summed E-state index contributed by atoms with van der Waals surface area (Å²) in [5.74, 6) is -1.06. The minimum atomic E-state index is -1.38. The molecule has 0 spiro atoms. The van der Waals surface area contributed by atoms with Gasteiger partial charge in [-0.25, -0.2) is 8.78 Å². The molecule has 0 aliphatic carbocycles. The first-order valence-electron chi connectivity index (χ1n) is 13.2. The Labute approximate surface area is 227 Å². The van der Waals surface area contributed by atoms with Gasteiger partial charge < -0.3 is 10.2 Å². The summed E-state index contributed by atoms with van der Waals surface area (Å²) in [5.41, 5.74) is 2.12. The highest BCUT2D eigenvalue weighted by atomic mass is 31.0. The number of halogens is 2. The van der Waals surface area contributed by atoms with Crippen molar-refractivity contribution in [3.63, 3.8) is 0 Å². The number of benzene rings is 3. The molecule has 1 N–H and O–H groups in total. The van der Waals surface area contributed by atoms with E-state index in [2.05, 4.69) is 21.5 Å². The molecule has 3 aromatic rings. The molecule has 0 fully saturated rings. The van der Waals surface area contributed by atoms with Crippen LogP contribution < -0.4 is 15.5 Å². The second kappa shape index (κ2) is 13.1. The third-order valence-corrected chi connectivity index (χ3v) is 7.37. The summed E-state index contributed by atoms with van der Waals surface area (Å²) in [7, 11) is 4.17. The molecule has 202 valence electrons. The Bertz CT molecular complexity index is 1270. The van der Waals surface area contributed by atoms with Crippen LogP contribution >= 0.6 is 9.24 Å². The molecule has 1 unspecified atom stereocenters. The molecule has 2 amide bonds. The molecular weight excluding hydrogens is 501 g/mol. The summed E-state index contributed by atoms with van der Waals surface area (Å²) in [6.45, 7) is 6.03. The van der Waals surface area contributed by atoms with Crippen LogP contribution in [0.2, 0.25) is 0 Å². The van der Waals surface area contributed by atoms with Crippen molar-refractivity contribution in [2.75, 3.05) is 17.3 Å². The van der Waals surface area contributed by atoms with E-state index in [1.54, 1.807) is 37.4 Å². The standard InChI is InChI=1S/C31H37F2N2O2P/c1-5-9-22-20-23(31(33,18-6-2)19-7-3)14-17-26(22)34-29(36)25-10-8-11-27(28(25)38)35(4)30(37)21-12-15-24(32)16-13-21/h8,10-17,20H,5-7,9,18-19,38H2,1-4H3,(H,34,36). The van der Waals surface area contributed by atoms with E-state index in [-0.39, 0.29) is 11.8 Å². The maximum absolute atomic E-state index is 15.8. The average Bonchev–Trinajstić information content (AvgIpc) is 2.89. The number of carbonyl (C=O) groups excluding carboxylic acids is 2. The maximum Gasteiger partial charge on any atom is 0.258 e. The predicted octanol–water partition coefficient (Wildman–Crippen LogP) is 7.57. The van der Waals surface area contributed by atoms with Crippen molar-refractivity contribution in [2.24, 2.45) is 0 Å². The van der Waals surface area contributed by atoms with Crippen LogP contribution in [0.25, 0.3) is 0 Å². The Morgan fingerprint density at radius 1 is 0.947 bits per heavy atom. The SMILES string of the molecule is CCCc1cc(C(F)(CCC)CCC)ccc1NC(=O)c1cccc(N(C)C(=O)c2ccc(F)cc2)c1P. The van der Waals surface area contributed by atoms with E-state index in [0.717, 1.165) is 24.8 Å². The Morgan fingerprint density at radius 2 is 1.61 bits per heavy atom. The van der Waals surface area contributed by atoms with Crippen LogP contribution in [0.5, 0.6) is 0 Å². The van der Waals surface area contributed by atoms with Crippen LogP contribution in [0.15, 0.2) is 60.7 Å². The van der Waals surface area contributed by atoms with E-state index in [4.69, 9.17) is 0 Å². The summed E-state index contributed by atoms with van der Waals surface area (Å²) in [4.78, 5) is 27.8. The van der Waals surface area contributed by atoms with Crippen LogP contribution in [-0.2, 0) is 12.1 Å². The molecule has 38 heavy (non-hydrogen) atoms. The molecular formula is C31H37F2N2O2P. The molecule has 0 heterocycles. The normalized spacial score (nSPS) is 11.3. The first-order chi connectivity index (χ1) is 18.1. The van der Waals surface area contributed by atoms with Crippen molar-refractivity contribution < 1.29 is 18.4 Å². The summed E-state index contributed by atoms with van der Waals surface area (Å²) in [6, 6.07) is 16.0. The van der Waals surface area contributed by atoms with Crippen LogP contribution in [0, 0.1) is 5.82 Å². The van der Waals surface area contributed by atoms with Gasteiger partial charge in [0.1, 0.15) is 11.5 Å². The fourth-order valence-electron chi connectivity index (χ4n) is 4.81. The smallest absolute Gasteiger partial charge is 0.258 e. The average molecular weight is 539 g/mol. The molecule has 3 rings (SSSR count). The van der Waals surface area contributed by atoms with Gasteiger partial charge in [-0.15, -0.1) is 9.24 Å². The molecule has 0 bridgehead atoms. The number of hydrogen-bond acceptors (Lipinski definition) is 2. The van der Waals surface area contributed by atoms with Crippen molar-refractivity contribution in [2.45, 2.75) is 65.0 Å². The zero-order valence-electron chi connectivity index (χ0n) is 22.6. The van der Waals surface area contributed by atoms with E-state index < -0.39 is 11.5 Å². The second-order valence-electron chi connectivity index (χ2n) is 9.65. The fraction of sp³-hybridized carbons (Fsp3) is 0.355. The maximum atomic E-state index is 15.8. The first kappa shape index (κ1) is 29.4. The zero-order valence-corrected chi connectivity index (χ0v) is 23.8. The number of nitrogens with zero attached hydrogens (tertiary/aromatic N) is 1. The monoisotopic (exact) mass is 538 g/mol. The Balaban J connectivity index is 1.89. The second-order valence-corrected chi connectivity index (χ2v) is 10.2. The third-order valence-electron chi connectivity index (χ3n) is 6.77. The number of nitrogens with one attached hydrogen (secondary N) is 1. The minimum absolute atomic E-state index is 0.319. The van der Waals surface area contributed by atoms with Gasteiger partial charge in [0.05, 0.1) is 5.69 Å². The molecule has 7 heteroatoms. The lowest BCUT2D eigenvalue weighted by molar-refractivity contribution is 0.0990. The minimum Gasteiger partial charge on any atom is -0.322 e. The van der Waals surface area contributed by atoms with Gasteiger partial charge in [0.15, 0.2) is 0 Å². The van der Waals surface area contributed by atoms with Crippen LogP contribution in [-0.4, -0.2) is 18.9 Å². The van der Waals surface area contributed by atoms with Gasteiger partial charge in [-0.05, 0) is 72.9 Å². The van der Waals surface area contributed by atoms with Crippen molar-refractivity contribution in [1.29, 1.82) is 0 Å². The van der Waals surface area contributed by atoms with E-state index in [0.29, 0.717) is 52.6 Å². The van der Waals surface area contributed by atoms with Gasteiger partial charge in [0.25, 0.3) is 11.8 Å².